The molecule has 2 atom stereocenters. The molecular weight excluding hydrogens is 316 g/mol. The molecule has 2 heterocycles. The average molecular weight is 336 g/mol. The van der Waals surface area contributed by atoms with Crippen LogP contribution in [0.2, 0.25) is 0 Å². The molecule has 0 spiro atoms. The summed E-state index contributed by atoms with van der Waals surface area (Å²) in [5, 5.41) is 0. The molecule has 25 heavy (non-hydrogen) atoms. The van der Waals surface area contributed by atoms with Gasteiger partial charge in [-0.2, -0.15) is 0 Å². The minimum atomic E-state index is -0.451. The Morgan fingerprint density at radius 3 is 2.76 bits per heavy atom. The third kappa shape index (κ3) is 2.52. The maximum absolute atomic E-state index is 12.0. The lowest BCUT2D eigenvalue weighted by molar-refractivity contribution is -0.115. The molecule has 0 radical (unpaired) electrons. The standard InChI is InChI=1S/C20H20N2O3/c1-24-17-9-5-8-15-19(17)18-14(20(21)23)11-25-12-16(18)22(15)10-13-6-3-2-4-7-13/h2-9,11,16,18H,10,12H2,1H3,(H2,21,23). The summed E-state index contributed by atoms with van der Waals surface area (Å²) in [5.74, 6) is 0.186. The summed E-state index contributed by atoms with van der Waals surface area (Å²) in [6.07, 6.45) is 1.51. The highest BCUT2D eigenvalue weighted by Gasteiger charge is 2.46. The molecule has 5 heteroatoms. The van der Waals surface area contributed by atoms with Crippen molar-refractivity contribution in [1.29, 1.82) is 0 Å². The SMILES string of the molecule is COc1cccc2c1C1C(C(N)=O)=COCC1N2Cc1ccccc1. The second-order valence-corrected chi connectivity index (χ2v) is 6.32. The zero-order valence-electron chi connectivity index (χ0n) is 14.0. The lowest BCUT2D eigenvalue weighted by Gasteiger charge is -2.33. The van der Waals surface area contributed by atoms with E-state index >= 15 is 0 Å². The molecule has 2 aliphatic heterocycles. The molecule has 2 aliphatic rings. The van der Waals surface area contributed by atoms with Crippen LogP contribution in [0.4, 0.5) is 5.69 Å². The van der Waals surface area contributed by atoms with E-state index in [4.69, 9.17) is 15.2 Å². The smallest absolute Gasteiger partial charge is 0.248 e. The molecule has 2 aromatic rings. The quantitative estimate of drug-likeness (QED) is 0.932. The zero-order chi connectivity index (χ0) is 17.4. The van der Waals surface area contributed by atoms with Crippen molar-refractivity contribution in [3.05, 3.63) is 71.5 Å². The number of methoxy groups -OCH3 is 1. The average Bonchev–Trinajstić information content (AvgIpc) is 2.96. The van der Waals surface area contributed by atoms with E-state index in [2.05, 4.69) is 23.1 Å². The Labute approximate surface area is 146 Å². The first-order chi connectivity index (χ1) is 12.2. The first-order valence-electron chi connectivity index (χ1n) is 8.29. The van der Waals surface area contributed by atoms with Crippen LogP contribution in [0.15, 0.2) is 60.4 Å². The molecule has 1 amide bonds. The number of carbonyl (C=O) groups excluding carboxylic acids is 1. The lowest BCUT2D eigenvalue weighted by atomic mass is 9.86. The second-order valence-electron chi connectivity index (χ2n) is 6.32. The second kappa shape index (κ2) is 6.16. The number of hydrogen-bond acceptors (Lipinski definition) is 4. The number of hydrogen-bond donors (Lipinski definition) is 1. The summed E-state index contributed by atoms with van der Waals surface area (Å²) in [7, 11) is 1.65. The highest BCUT2D eigenvalue weighted by Crippen LogP contribution is 2.50. The predicted molar refractivity (Wildman–Crippen MR) is 95.4 cm³/mol. The van der Waals surface area contributed by atoms with Crippen LogP contribution in [0.3, 0.4) is 0 Å². The minimum absolute atomic E-state index is 0.0130. The molecule has 0 fully saturated rings. The van der Waals surface area contributed by atoms with Crippen molar-refractivity contribution >= 4 is 11.6 Å². The van der Waals surface area contributed by atoms with Crippen molar-refractivity contribution in [2.24, 2.45) is 5.73 Å². The van der Waals surface area contributed by atoms with E-state index in [-0.39, 0.29) is 12.0 Å². The van der Waals surface area contributed by atoms with Gasteiger partial charge in [-0.15, -0.1) is 0 Å². The summed E-state index contributed by atoms with van der Waals surface area (Å²) in [6, 6.07) is 16.2. The van der Waals surface area contributed by atoms with E-state index in [1.807, 2.05) is 30.3 Å². The van der Waals surface area contributed by atoms with Crippen molar-refractivity contribution in [3.8, 4) is 5.75 Å². The largest absolute Gasteiger partial charge is 0.498 e. The molecule has 2 N–H and O–H groups in total. The number of ether oxygens (including phenoxy) is 2. The Balaban J connectivity index is 1.83. The van der Waals surface area contributed by atoms with Crippen LogP contribution >= 0.6 is 0 Å². The van der Waals surface area contributed by atoms with Crippen molar-refractivity contribution < 1.29 is 14.3 Å². The normalized spacial score (nSPS) is 21.0. The fraction of sp³-hybridized carbons (Fsp3) is 0.250. The van der Waals surface area contributed by atoms with Gasteiger partial charge < -0.3 is 20.1 Å². The first-order valence-corrected chi connectivity index (χ1v) is 8.29. The number of nitrogens with two attached hydrogens (primary N) is 1. The third-order valence-corrected chi connectivity index (χ3v) is 4.96. The Bertz CT molecular complexity index is 832. The number of primary amides is 1. The van der Waals surface area contributed by atoms with Gasteiger partial charge in [0.1, 0.15) is 12.4 Å². The molecule has 2 aromatic carbocycles. The fourth-order valence-corrected chi connectivity index (χ4v) is 3.88. The number of fused-ring (bicyclic) bond motifs is 3. The predicted octanol–water partition coefficient (Wildman–Crippen LogP) is 2.57. The third-order valence-electron chi connectivity index (χ3n) is 4.96. The van der Waals surface area contributed by atoms with Gasteiger partial charge in [-0.25, -0.2) is 0 Å². The van der Waals surface area contributed by atoms with Gasteiger partial charge in [-0.3, -0.25) is 4.79 Å². The molecule has 128 valence electrons. The lowest BCUT2D eigenvalue weighted by Crippen LogP contribution is -2.41. The molecule has 0 aliphatic carbocycles. The Morgan fingerprint density at radius 1 is 1.24 bits per heavy atom. The first kappa shape index (κ1) is 15.6. The van der Waals surface area contributed by atoms with Gasteiger partial charge in [-0.1, -0.05) is 36.4 Å². The maximum Gasteiger partial charge on any atom is 0.248 e. The summed E-state index contributed by atoms with van der Waals surface area (Å²) >= 11 is 0. The monoisotopic (exact) mass is 336 g/mol. The van der Waals surface area contributed by atoms with Crippen LogP contribution < -0.4 is 15.4 Å². The number of rotatable bonds is 4. The van der Waals surface area contributed by atoms with Gasteiger partial charge in [0.25, 0.3) is 0 Å². The molecule has 5 nitrogen and oxygen atoms in total. The number of carbonyl (C=O) groups is 1. The molecule has 2 unspecified atom stereocenters. The summed E-state index contributed by atoms with van der Waals surface area (Å²) in [4.78, 5) is 14.3. The van der Waals surface area contributed by atoms with Gasteiger partial charge in [0, 0.05) is 23.7 Å². The van der Waals surface area contributed by atoms with E-state index in [1.54, 1.807) is 7.11 Å². The number of anilines is 1. The molecular formula is C20H20N2O3. The Morgan fingerprint density at radius 2 is 2.04 bits per heavy atom. The van der Waals surface area contributed by atoms with E-state index in [0.717, 1.165) is 23.5 Å². The van der Waals surface area contributed by atoms with Crippen LogP contribution in [0.1, 0.15) is 17.0 Å². The van der Waals surface area contributed by atoms with E-state index in [0.29, 0.717) is 12.2 Å². The van der Waals surface area contributed by atoms with Crippen molar-refractivity contribution in [2.45, 2.75) is 18.5 Å². The topological polar surface area (TPSA) is 64.8 Å². The molecule has 0 saturated heterocycles. The highest BCUT2D eigenvalue weighted by molar-refractivity contribution is 5.95. The van der Waals surface area contributed by atoms with Crippen LogP contribution in [0.25, 0.3) is 0 Å². The van der Waals surface area contributed by atoms with Gasteiger partial charge in [0.15, 0.2) is 0 Å². The van der Waals surface area contributed by atoms with Crippen molar-refractivity contribution in [3.63, 3.8) is 0 Å². The van der Waals surface area contributed by atoms with Crippen molar-refractivity contribution in [2.75, 3.05) is 18.6 Å². The van der Waals surface area contributed by atoms with Gasteiger partial charge in [-0.05, 0) is 17.7 Å². The highest BCUT2D eigenvalue weighted by atomic mass is 16.5. The van der Waals surface area contributed by atoms with Crippen LogP contribution in [-0.4, -0.2) is 25.7 Å². The molecule has 0 saturated carbocycles. The molecule has 4 rings (SSSR count). The van der Waals surface area contributed by atoms with Gasteiger partial charge in [0.2, 0.25) is 5.91 Å². The summed E-state index contributed by atoms with van der Waals surface area (Å²) < 4.78 is 11.2. The number of amides is 1. The van der Waals surface area contributed by atoms with Gasteiger partial charge in [0.05, 0.1) is 25.0 Å². The number of nitrogens with zero attached hydrogens (tertiary/aromatic N) is 1. The minimum Gasteiger partial charge on any atom is -0.498 e. The van der Waals surface area contributed by atoms with Crippen LogP contribution in [0.5, 0.6) is 5.75 Å². The van der Waals surface area contributed by atoms with Gasteiger partial charge >= 0.3 is 0 Å². The Hall–Kier alpha value is -2.95. The van der Waals surface area contributed by atoms with Crippen LogP contribution in [0, 0.1) is 0 Å². The Kier molecular flexibility index (Phi) is 3.84. The zero-order valence-corrected chi connectivity index (χ0v) is 14.0. The van der Waals surface area contributed by atoms with E-state index in [1.165, 1.54) is 11.8 Å². The maximum atomic E-state index is 12.0. The van der Waals surface area contributed by atoms with E-state index in [9.17, 15) is 4.79 Å². The molecule has 0 aromatic heterocycles. The van der Waals surface area contributed by atoms with Crippen LogP contribution in [-0.2, 0) is 16.1 Å². The summed E-state index contributed by atoms with van der Waals surface area (Å²) in [5.41, 5.74) is 9.40. The van der Waals surface area contributed by atoms with E-state index < -0.39 is 5.91 Å². The van der Waals surface area contributed by atoms with Crippen molar-refractivity contribution in [1.82, 2.24) is 0 Å². The summed E-state index contributed by atoms with van der Waals surface area (Å²) in [6.45, 7) is 1.24. The number of benzene rings is 2. The fourth-order valence-electron chi connectivity index (χ4n) is 3.88. The molecule has 0 bridgehead atoms.